The molecular weight excluding hydrogens is 472 g/mol. The first-order chi connectivity index (χ1) is 18.1. The van der Waals surface area contributed by atoms with E-state index < -0.39 is 0 Å². The topological polar surface area (TPSA) is 124 Å². The van der Waals surface area contributed by atoms with Gasteiger partial charge in [0.1, 0.15) is 17.2 Å². The number of ether oxygens (including phenoxy) is 2. The van der Waals surface area contributed by atoms with Gasteiger partial charge < -0.3 is 14.8 Å². The van der Waals surface area contributed by atoms with Crippen molar-refractivity contribution in [3.63, 3.8) is 0 Å². The van der Waals surface area contributed by atoms with E-state index in [1.54, 1.807) is 63.0 Å². The lowest BCUT2D eigenvalue weighted by Crippen LogP contribution is -2.29. The molecule has 0 aliphatic rings. The van der Waals surface area contributed by atoms with E-state index >= 15 is 0 Å². The average Bonchev–Trinajstić information content (AvgIpc) is 3.44. The number of fused-ring (bicyclic) bond motifs is 1. The molecule has 2 aromatic carbocycles. The fourth-order valence-electron chi connectivity index (χ4n) is 4.06. The molecule has 186 valence electrons. The summed E-state index contributed by atoms with van der Waals surface area (Å²) in [5.74, 6) is 0.881. The van der Waals surface area contributed by atoms with E-state index in [1.807, 2.05) is 24.3 Å². The van der Waals surface area contributed by atoms with Gasteiger partial charge in [-0.15, -0.1) is 0 Å². The maximum Gasteiger partial charge on any atom is 0.274 e. The summed E-state index contributed by atoms with van der Waals surface area (Å²) in [7, 11) is 3.14. The van der Waals surface area contributed by atoms with Crippen LogP contribution < -0.4 is 20.3 Å². The lowest BCUT2D eigenvalue weighted by Gasteiger charge is -2.11. The maximum absolute atomic E-state index is 13.0. The number of hydrogen-bond acceptors (Lipinski definition) is 7. The number of pyridine rings is 1. The molecule has 0 fully saturated rings. The predicted molar refractivity (Wildman–Crippen MR) is 138 cm³/mol. The quantitative estimate of drug-likeness (QED) is 0.338. The van der Waals surface area contributed by atoms with E-state index in [2.05, 4.69) is 25.6 Å². The first kappa shape index (κ1) is 23.7. The second-order valence-corrected chi connectivity index (χ2v) is 8.23. The highest BCUT2D eigenvalue weighted by molar-refractivity contribution is 5.94. The SMILES string of the molecule is COc1ccc(OC)c(-c2cc(C(=O)NCc3nn(Cc4cccnc4)c(=O)c4ccccc34)[nH]n2)c1. The molecule has 5 aromatic rings. The Hall–Kier alpha value is -4.99. The summed E-state index contributed by atoms with van der Waals surface area (Å²) in [5.41, 5.74) is 2.71. The van der Waals surface area contributed by atoms with E-state index in [-0.39, 0.29) is 30.2 Å². The number of H-pyrrole nitrogens is 1. The van der Waals surface area contributed by atoms with Crippen LogP contribution in [0.1, 0.15) is 21.7 Å². The molecule has 0 bridgehead atoms. The summed E-state index contributed by atoms with van der Waals surface area (Å²) in [5, 5.41) is 15.7. The van der Waals surface area contributed by atoms with Gasteiger partial charge in [0, 0.05) is 23.3 Å². The van der Waals surface area contributed by atoms with Gasteiger partial charge in [-0.25, -0.2) is 4.68 Å². The monoisotopic (exact) mass is 496 g/mol. The molecule has 1 amide bonds. The number of nitrogens with one attached hydrogen (secondary N) is 2. The summed E-state index contributed by atoms with van der Waals surface area (Å²) < 4.78 is 12.1. The summed E-state index contributed by atoms with van der Waals surface area (Å²) in [4.78, 5) is 30.1. The molecule has 2 N–H and O–H groups in total. The number of rotatable bonds is 8. The molecule has 0 unspecified atom stereocenters. The molecular formula is C27H24N6O4. The predicted octanol–water partition coefficient (Wildman–Crippen LogP) is 3.18. The molecule has 0 saturated heterocycles. The number of aromatic amines is 1. The fourth-order valence-corrected chi connectivity index (χ4v) is 4.06. The minimum absolute atomic E-state index is 0.115. The minimum Gasteiger partial charge on any atom is -0.497 e. The first-order valence-electron chi connectivity index (χ1n) is 11.5. The lowest BCUT2D eigenvalue weighted by molar-refractivity contribution is 0.0945. The number of aromatic nitrogens is 5. The minimum atomic E-state index is -0.364. The summed E-state index contributed by atoms with van der Waals surface area (Å²) >= 11 is 0. The second kappa shape index (κ2) is 10.3. The Morgan fingerprint density at radius 2 is 1.86 bits per heavy atom. The Kier molecular flexibility index (Phi) is 6.62. The van der Waals surface area contributed by atoms with Crippen molar-refractivity contribution >= 4 is 16.7 Å². The fraction of sp³-hybridized carbons (Fsp3) is 0.148. The number of carbonyl (C=O) groups is 1. The average molecular weight is 497 g/mol. The first-order valence-corrected chi connectivity index (χ1v) is 11.5. The van der Waals surface area contributed by atoms with Crippen LogP contribution in [0, 0.1) is 0 Å². The molecule has 3 heterocycles. The van der Waals surface area contributed by atoms with Gasteiger partial charge in [0.05, 0.1) is 44.1 Å². The summed E-state index contributed by atoms with van der Waals surface area (Å²) in [6.45, 7) is 0.383. The number of hydrogen-bond donors (Lipinski definition) is 2. The Labute approximate surface area is 211 Å². The van der Waals surface area contributed by atoms with Crippen LogP contribution >= 0.6 is 0 Å². The van der Waals surface area contributed by atoms with Crippen molar-refractivity contribution in [1.82, 2.24) is 30.3 Å². The van der Waals surface area contributed by atoms with Crippen LogP contribution in [0.3, 0.4) is 0 Å². The van der Waals surface area contributed by atoms with Crippen molar-refractivity contribution in [3.05, 3.63) is 100 Å². The van der Waals surface area contributed by atoms with Crippen molar-refractivity contribution in [3.8, 4) is 22.8 Å². The van der Waals surface area contributed by atoms with Gasteiger partial charge in [-0.3, -0.25) is 19.7 Å². The van der Waals surface area contributed by atoms with Gasteiger partial charge in [-0.2, -0.15) is 10.2 Å². The molecule has 0 aliphatic heterocycles. The Bertz CT molecular complexity index is 1630. The van der Waals surface area contributed by atoms with Crippen molar-refractivity contribution in [2.24, 2.45) is 0 Å². The highest BCUT2D eigenvalue weighted by Crippen LogP contribution is 2.32. The molecule has 5 rings (SSSR count). The zero-order valence-corrected chi connectivity index (χ0v) is 20.3. The molecule has 10 nitrogen and oxygen atoms in total. The molecule has 10 heteroatoms. The number of nitrogens with zero attached hydrogens (tertiary/aromatic N) is 4. The zero-order valence-electron chi connectivity index (χ0n) is 20.3. The number of amides is 1. The Morgan fingerprint density at radius 1 is 1.03 bits per heavy atom. The highest BCUT2D eigenvalue weighted by Gasteiger charge is 2.16. The molecule has 0 saturated carbocycles. The van der Waals surface area contributed by atoms with Crippen molar-refractivity contribution in [2.75, 3.05) is 14.2 Å². The normalized spacial score (nSPS) is 10.9. The third kappa shape index (κ3) is 4.90. The molecule has 0 spiro atoms. The van der Waals surface area contributed by atoms with Gasteiger partial charge in [-0.1, -0.05) is 24.3 Å². The molecule has 0 atom stereocenters. The van der Waals surface area contributed by atoms with Gasteiger partial charge in [0.2, 0.25) is 0 Å². The number of benzene rings is 2. The van der Waals surface area contributed by atoms with E-state index in [9.17, 15) is 9.59 Å². The molecule has 0 aliphatic carbocycles. The lowest BCUT2D eigenvalue weighted by atomic mass is 10.1. The van der Waals surface area contributed by atoms with Crippen molar-refractivity contribution in [1.29, 1.82) is 0 Å². The Morgan fingerprint density at radius 3 is 2.62 bits per heavy atom. The van der Waals surface area contributed by atoms with E-state index in [0.717, 1.165) is 5.56 Å². The Balaban J connectivity index is 1.40. The van der Waals surface area contributed by atoms with E-state index in [0.29, 0.717) is 39.2 Å². The molecule has 0 radical (unpaired) electrons. The van der Waals surface area contributed by atoms with E-state index in [4.69, 9.17) is 9.47 Å². The largest absolute Gasteiger partial charge is 0.497 e. The maximum atomic E-state index is 13.0. The standard InChI is InChI=1S/C27H24N6O4/c1-36-18-9-10-25(37-2)21(12-18)22-13-23(31-30-22)26(34)29-15-24-19-7-3-4-8-20(19)27(35)33(32-24)16-17-6-5-11-28-14-17/h3-14H,15-16H2,1-2H3,(H,29,34)(H,30,31). The van der Waals surface area contributed by atoms with Crippen LogP contribution in [-0.4, -0.2) is 45.1 Å². The summed E-state index contributed by atoms with van der Waals surface area (Å²) in [6.07, 6.45) is 3.37. The van der Waals surface area contributed by atoms with Crippen molar-refractivity contribution < 1.29 is 14.3 Å². The van der Waals surface area contributed by atoms with Crippen LogP contribution in [0.2, 0.25) is 0 Å². The second-order valence-electron chi connectivity index (χ2n) is 8.23. The highest BCUT2D eigenvalue weighted by atomic mass is 16.5. The van der Waals surface area contributed by atoms with Crippen LogP contribution in [-0.2, 0) is 13.1 Å². The summed E-state index contributed by atoms with van der Waals surface area (Å²) in [6, 6.07) is 17.9. The van der Waals surface area contributed by atoms with E-state index in [1.165, 1.54) is 4.68 Å². The van der Waals surface area contributed by atoms with Gasteiger partial charge in [-0.05, 0) is 42.0 Å². The van der Waals surface area contributed by atoms with Crippen LogP contribution in [0.4, 0.5) is 0 Å². The van der Waals surface area contributed by atoms with Crippen LogP contribution in [0.5, 0.6) is 11.5 Å². The smallest absolute Gasteiger partial charge is 0.274 e. The number of methoxy groups -OCH3 is 2. The number of carbonyl (C=O) groups excluding carboxylic acids is 1. The van der Waals surface area contributed by atoms with Crippen molar-refractivity contribution in [2.45, 2.75) is 13.1 Å². The van der Waals surface area contributed by atoms with Gasteiger partial charge in [0.25, 0.3) is 11.5 Å². The zero-order chi connectivity index (χ0) is 25.8. The van der Waals surface area contributed by atoms with Gasteiger partial charge >= 0.3 is 0 Å². The molecule has 3 aromatic heterocycles. The molecule has 37 heavy (non-hydrogen) atoms. The van der Waals surface area contributed by atoms with Crippen LogP contribution in [0.25, 0.3) is 22.0 Å². The van der Waals surface area contributed by atoms with Crippen LogP contribution in [0.15, 0.2) is 77.9 Å². The third-order valence-corrected chi connectivity index (χ3v) is 5.92. The third-order valence-electron chi connectivity index (χ3n) is 5.92. The van der Waals surface area contributed by atoms with Gasteiger partial charge in [0.15, 0.2) is 0 Å².